The number of benzene rings is 1. The highest BCUT2D eigenvalue weighted by molar-refractivity contribution is 5.92. The van der Waals surface area contributed by atoms with Gasteiger partial charge in [-0.25, -0.2) is 0 Å². The quantitative estimate of drug-likeness (QED) is 0.759. The molecule has 1 atom stereocenters. The Balaban J connectivity index is 1.72. The van der Waals surface area contributed by atoms with E-state index in [1.54, 1.807) is 0 Å². The number of ether oxygens (including phenoxy) is 1. The van der Waals surface area contributed by atoms with Crippen LogP contribution in [0.15, 0.2) is 34.9 Å². The Morgan fingerprint density at radius 3 is 2.52 bits per heavy atom. The summed E-state index contributed by atoms with van der Waals surface area (Å²) in [7, 11) is 0. The number of hydrogen-bond donors (Lipinski definition) is 2. The van der Waals surface area contributed by atoms with Gasteiger partial charge in [0.1, 0.15) is 11.5 Å². The molecule has 7 nitrogen and oxygen atoms in total. The third kappa shape index (κ3) is 5.22. The fourth-order valence-corrected chi connectivity index (χ4v) is 2.52. The average Bonchev–Trinajstić information content (AvgIpc) is 3.30. The fraction of sp³-hybridized carbons (Fsp3) is 0.353. The SMILES string of the molecule is O=C(O)CC(NC(=O)c1cc(C2CC2)on1)c1ccc(OC(F)(F)F)cc1. The number of carboxylic acid groups (broad SMARTS) is 1. The standard InChI is InChI=1S/C17H15F3N2O5/c18-17(19,20)26-11-5-3-9(4-6-11)12(8-15(23)24)21-16(25)13-7-14(27-22-13)10-1-2-10/h3-7,10,12H,1-2,8H2,(H,21,25)(H,23,24). The van der Waals surface area contributed by atoms with Crippen LogP contribution in [0.5, 0.6) is 5.75 Å². The summed E-state index contributed by atoms with van der Waals surface area (Å²) < 4.78 is 45.5. The Kier molecular flexibility index (Phi) is 5.06. The molecule has 1 aliphatic carbocycles. The van der Waals surface area contributed by atoms with Gasteiger partial charge in [-0.05, 0) is 30.5 Å². The number of aliphatic carboxylic acids is 1. The largest absolute Gasteiger partial charge is 0.573 e. The molecule has 1 heterocycles. The lowest BCUT2D eigenvalue weighted by molar-refractivity contribution is -0.274. The summed E-state index contributed by atoms with van der Waals surface area (Å²) in [5, 5.41) is 15.3. The Morgan fingerprint density at radius 1 is 1.30 bits per heavy atom. The van der Waals surface area contributed by atoms with Crippen LogP contribution < -0.4 is 10.1 Å². The van der Waals surface area contributed by atoms with Gasteiger partial charge in [-0.3, -0.25) is 9.59 Å². The molecule has 0 radical (unpaired) electrons. The van der Waals surface area contributed by atoms with Gasteiger partial charge in [0.05, 0.1) is 12.5 Å². The molecule has 1 aliphatic rings. The van der Waals surface area contributed by atoms with Crippen molar-refractivity contribution in [3.63, 3.8) is 0 Å². The lowest BCUT2D eigenvalue weighted by atomic mass is 10.0. The molecular formula is C17H15F3N2O5. The van der Waals surface area contributed by atoms with E-state index < -0.39 is 36.5 Å². The molecule has 0 bridgehead atoms. The second kappa shape index (κ2) is 7.29. The van der Waals surface area contributed by atoms with Crippen LogP contribution in [0, 0.1) is 0 Å². The van der Waals surface area contributed by atoms with Gasteiger partial charge in [-0.2, -0.15) is 0 Å². The summed E-state index contributed by atoms with van der Waals surface area (Å²) in [4.78, 5) is 23.4. The zero-order chi connectivity index (χ0) is 19.6. The van der Waals surface area contributed by atoms with Crippen molar-refractivity contribution in [3.05, 3.63) is 47.3 Å². The number of carbonyl (C=O) groups excluding carboxylic acids is 1. The van der Waals surface area contributed by atoms with Crippen molar-refractivity contribution in [2.24, 2.45) is 0 Å². The van der Waals surface area contributed by atoms with Gasteiger partial charge >= 0.3 is 12.3 Å². The van der Waals surface area contributed by atoms with E-state index in [0.29, 0.717) is 11.3 Å². The Bertz CT molecular complexity index is 828. The van der Waals surface area contributed by atoms with Crippen LogP contribution in [-0.4, -0.2) is 28.5 Å². The molecule has 144 valence electrons. The molecule has 10 heteroatoms. The summed E-state index contributed by atoms with van der Waals surface area (Å²) in [6.45, 7) is 0. The van der Waals surface area contributed by atoms with E-state index in [4.69, 9.17) is 9.63 Å². The van der Waals surface area contributed by atoms with Gasteiger partial charge in [-0.15, -0.1) is 13.2 Å². The molecule has 2 aromatic rings. The van der Waals surface area contributed by atoms with Gasteiger partial charge in [-0.1, -0.05) is 17.3 Å². The molecule has 1 fully saturated rings. The van der Waals surface area contributed by atoms with Gasteiger partial charge in [0.15, 0.2) is 5.69 Å². The molecule has 0 spiro atoms. The number of carbonyl (C=O) groups is 2. The number of carboxylic acids is 1. The maximum Gasteiger partial charge on any atom is 0.573 e. The molecule has 0 saturated heterocycles. The number of aromatic nitrogens is 1. The lowest BCUT2D eigenvalue weighted by Gasteiger charge is -2.17. The zero-order valence-corrected chi connectivity index (χ0v) is 13.8. The summed E-state index contributed by atoms with van der Waals surface area (Å²) in [5.74, 6) is -1.40. The first-order valence-electron chi connectivity index (χ1n) is 8.06. The normalized spacial score (nSPS) is 15.2. The Morgan fingerprint density at radius 2 is 1.96 bits per heavy atom. The third-order valence-electron chi connectivity index (χ3n) is 3.94. The van der Waals surface area contributed by atoms with E-state index in [1.807, 2.05) is 0 Å². The van der Waals surface area contributed by atoms with Gasteiger partial charge in [0.2, 0.25) is 0 Å². The van der Waals surface area contributed by atoms with Crippen LogP contribution in [0.2, 0.25) is 0 Å². The molecule has 1 saturated carbocycles. The van der Waals surface area contributed by atoms with E-state index in [1.165, 1.54) is 18.2 Å². The summed E-state index contributed by atoms with van der Waals surface area (Å²) in [5.41, 5.74) is 0.329. The molecule has 0 aliphatic heterocycles. The summed E-state index contributed by atoms with van der Waals surface area (Å²) >= 11 is 0. The van der Waals surface area contributed by atoms with Crippen molar-refractivity contribution in [2.45, 2.75) is 37.6 Å². The highest BCUT2D eigenvalue weighted by atomic mass is 19.4. The van der Waals surface area contributed by atoms with Gasteiger partial charge < -0.3 is 19.7 Å². The third-order valence-corrected chi connectivity index (χ3v) is 3.94. The van der Waals surface area contributed by atoms with E-state index in [2.05, 4.69) is 15.2 Å². The number of rotatable bonds is 7. The van der Waals surface area contributed by atoms with E-state index in [-0.39, 0.29) is 11.6 Å². The molecule has 2 N–H and O–H groups in total. The predicted molar refractivity (Wildman–Crippen MR) is 84.1 cm³/mol. The molecule has 1 amide bonds. The van der Waals surface area contributed by atoms with Crippen LogP contribution in [0.1, 0.15) is 53.0 Å². The van der Waals surface area contributed by atoms with Crippen molar-refractivity contribution in [1.82, 2.24) is 10.5 Å². The minimum absolute atomic E-state index is 0.0179. The number of alkyl halides is 3. The van der Waals surface area contributed by atoms with Crippen molar-refractivity contribution in [1.29, 1.82) is 0 Å². The highest BCUT2D eigenvalue weighted by Crippen LogP contribution is 2.40. The topological polar surface area (TPSA) is 102 Å². The smallest absolute Gasteiger partial charge is 0.481 e. The Labute approximate surface area is 151 Å². The first-order valence-corrected chi connectivity index (χ1v) is 8.06. The van der Waals surface area contributed by atoms with E-state index >= 15 is 0 Å². The summed E-state index contributed by atoms with van der Waals surface area (Å²) in [6, 6.07) is 5.15. The fourth-order valence-electron chi connectivity index (χ4n) is 2.52. The number of amides is 1. The summed E-state index contributed by atoms with van der Waals surface area (Å²) in [6.07, 6.45) is -3.37. The minimum atomic E-state index is -4.83. The van der Waals surface area contributed by atoms with Crippen LogP contribution in [-0.2, 0) is 4.79 Å². The van der Waals surface area contributed by atoms with Crippen molar-refractivity contribution in [2.75, 3.05) is 0 Å². The highest BCUT2D eigenvalue weighted by Gasteiger charge is 2.31. The number of hydrogen-bond acceptors (Lipinski definition) is 5. The minimum Gasteiger partial charge on any atom is -0.481 e. The molecule has 1 aromatic carbocycles. The average molecular weight is 384 g/mol. The predicted octanol–water partition coefficient (Wildman–Crippen LogP) is 3.40. The Hall–Kier alpha value is -3.04. The monoisotopic (exact) mass is 384 g/mol. The molecule has 27 heavy (non-hydrogen) atoms. The van der Waals surface area contributed by atoms with E-state index in [9.17, 15) is 22.8 Å². The van der Waals surface area contributed by atoms with Crippen molar-refractivity contribution in [3.8, 4) is 5.75 Å². The van der Waals surface area contributed by atoms with Crippen LogP contribution in [0.25, 0.3) is 0 Å². The molecule has 3 rings (SSSR count). The second-order valence-corrected chi connectivity index (χ2v) is 6.13. The lowest BCUT2D eigenvalue weighted by Crippen LogP contribution is -2.30. The van der Waals surface area contributed by atoms with Crippen LogP contribution >= 0.6 is 0 Å². The van der Waals surface area contributed by atoms with Gasteiger partial charge in [0.25, 0.3) is 5.91 Å². The van der Waals surface area contributed by atoms with Crippen LogP contribution in [0.3, 0.4) is 0 Å². The van der Waals surface area contributed by atoms with Gasteiger partial charge in [0, 0.05) is 12.0 Å². The first kappa shape index (κ1) is 18.7. The zero-order valence-electron chi connectivity index (χ0n) is 13.8. The number of nitrogens with zero attached hydrogens (tertiary/aromatic N) is 1. The van der Waals surface area contributed by atoms with Crippen molar-refractivity contribution < 1.29 is 37.1 Å². The maximum atomic E-state index is 12.3. The number of nitrogens with one attached hydrogen (secondary N) is 1. The maximum absolute atomic E-state index is 12.3. The molecular weight excluding hydrogens is 369 g/mol. The molecule has 1 aromatic heterocycles. The molecule has 1 unspecified atom stereocenters. The first-order chi connectivity index (χ1) is 12.7. The van der Waals surface area contributed by atoms with E-state index in [0.717, 1.165) is 25.0 Å². The van der Waals surface area contributed by atoms with Crippen molar-refractivity contribution >= 4 is 11.9 Å². The second-order valence-electron chi connectivity index (χ2n) is 6.13. The number of halogens is 3. The van der Waals surface area contributed by atoms with Crippen LogP contribution in [0.4, 0.5) is 13.2 Å².